The Kier molecular flexibility index (Phi) is 9.53. The number of carbonyl (C=O) groups is 1. The minimum absolute atomic E-state index is 0.0589. The summed E-state index contributed by atoms with van der Waals surface area (Å²) < 4.78 is 11.2. The number of nitrogens with zero attached hydrogens (tertiary/aromatic N) is 1. The van der Waals surface area contributed by atoms with Gasteiger partial charge in [-0.25, -0.2) is 0 Å². The molecule has 0 radical (unpaired) electrons. The Morgan fingerprint density at radius 2 is 1.90 bits per heavy atom. The van der Waals surface area contributed by atoms with E-state index in [1.807, 2.05) is 6.07 Å². The predicted molar refractivity (Wildman–Crippen MR) is 121 cm³/mol. The minimum atomic E-state index is -0.550. The van der Waals surface area contributed by atoms with E-state index in [1.165, 1.54) is 25.0 Å². The molecule has 1 amide bonds. The van der Waals surface area contributed by atoms with Crippen LogP contribution in [-0.4, -0.2) is 19.6 Å². The fourth-order valence-electron chi connectivity index (χ4n) is 2.69. The standard InChI is InChI=1S/C23H24Cl2N2O3/c1-3-4-5-6-11-30-21-10-7-16(13-22(21)29-2)12-17(15-26)23(28)27-18-8-9-19(24)20(25)14-18/h7-10,12-14H,3-6,11H2,1-2H3,(H,27,28)/b17-12+. The molecule has 30 heavy (non-hydrogen) atoms. The monoisotopic (exact) mass is 446 g/mol. The van der Waals surface area contributed by atoms with Crippen LogP contribution in [0, 0.1) is 11.3 Å². The number of anilines is 1. The Balaban J connectivity index is 2.11. The summed E-state index contributed by atoms with van der Waals surface area (Å²) in [7, 11) is 1.55. The van der Waals surface area contributed by atoms with E-state index in [0.29, 0.717) is 39.4 Å². The van der Waals surface area contributed by atoms with Gasteiger partial charge in [0.25, 0.3) is 5.91 Å². The highest BCUT2D eigenvalue weighted by molar-refractivity contribution is 6.42. The summed E-state index contributed by atoms with van der Waals surface area (Å²) in [6.45, 7) is 2.78. The molecule has 0 spiro atoms. The summed E-state index contributed by atoms with van der Waals surface area (Å²) in [5.41, 5.74) is 1.03. The van der Waals surface area contributed by atoms with Crippen LogP contribution in [0.15, 0.2) is 42.0 Å². The molecule has 0 atom stereocenters. The molecule has 1 N–H and O–H groups in total. The lowest BCUT2D eigenvalue weighted by atomic mass is 10.1. The number of unbranched alkanes of at least 4 members (excludes halogenated alkanes) is 3. The van der Waals surface area contributed by atoms with Gasteiger partial charge in [-0.3, -0.25) is 4.79 Å². The van der Waals surface area contributed by atoms with Crippen LogP contribution in [0.3, 0.4) is 0 Å². The van der Waals surface area contributed by atoms with Gasteiger partial charge < -0.3 is 14.8 Å². The third-order valence-electron chi connectivity index (χ3n) is 4.30. The summed E-state index contributed by atoms with van der Waals surface area (Å²) in [6.07, 6.45) is 5.95. The number of amides is 1. The van der Waals surface area contributed by atoms with Gasteiger partial charge in [-0.15, -0.1) is 0 Å². The molecule has 2 aromatic carbocycles. The zero-order valence-corrected chi connectivity index (χ0v) is 18.5. The van der Waals surface area contributed by atoms with Crippen LogP contribution in [0.2, 0.25) is 10.0 Å². The van der Waals surface area contributed by atoms with E-state index in [0.717, 1.165) is 12.8 Å². The number of nitrogens with one attached hydrogen (secondary N) is 1. The zero-order valence-electron chi connectivity index (χ0n) is 17.0. The molecule has 7 heteroatoms. The highest BCUT2D eigenvalue weighted by Gasteiger charge is 2.12. The molecule has 0 fully saturated rings. The highest BCUT2D eigenvalue weighted by atomic mass is 35.5. The summed E-state index contributed by atoms with van der Waals surface area (Å²) in [5, 5.41) is 12.7. The lowest BCUT2D eigenvalue weighted by Crippen LogP contribution is -2.13. The Labute approximate surface area is 187 Å². The molecule has 5 nitrogen and oxygen atoms in total. The maximum atomic E-state index is 12.5. The van der Waals surface area contributed by atoms with Gasteiger partial charge in [0.15, 0.2) is 11.5 Å². The van der Waals surface area contributed by atoms with E-state index < -0.39 is 5.91 Å². The van der Waals surface area contributed by atoms with E-state index in [-0.39, 0.29) is 5.57 Å². The second-order valence-corrected chi connectivity index (χ2v) is 7.39. The van der Waals surface area contributed by atoms with Gasteiger partial charge in [-0.2, -0.15) is 5.26 Å². The molecule has 0 aliphatic carbocycles. The topological polar surface area (TPSA) is 71.3 Å². The van der Waals surface area contributed by atoms with Crippen molar-refractivity contribution in [1.82, 2.24) is 0 Å². The number of nitriles is 1. The molecular weight excluding hydrogens is 423 g/mol. The number of carbonyl (C=O) groups excluding carboxylic acids is 1. The second kappa shape index (κ2) is 12.1. The van der Waals surface area contributed by atoms with Crippen LogP contribution in [0.25, 0.3) is 6.08 Å². The maximum Gasteiger partial charge on any atom is 0.266 e. The Bertz CT molecular complexity index is 952. The molecule has 0 bridgehead atoms. The fraction of sp³-hybridized carbons (Fsp3) is 0.304. The Morgan fingerprint density at radius 1 is 1.10 bits per heavy atom. The molecule has 0 unspecified atom stereocenters. The summed E-state index contributed by atoms with van der Waals surface area (Å²) in [5.74, 6) is 0.623. The van der Waals surface area contributed by atoms with Crippen molar-refractivity contribution >= 4 is 40.9 Å². The lowest BCUT2D eigenvalue weighted by molar-refractivity contribution is -0.112. The Hall–Kier alpha value is -2.68. The molecule has 0 aromatic heterocycles. The summed E-state index contributed by atoms with van der Waals surface area (Å²) >= 11 is 11.8. The van der Waals surface area contributed by atoms with Crippen LogP contribution in [-0.2, 0) is 4.79 Å². The maximum absolute atomic E-state index is 12.5. The predicted octanol–water partition coefficient (Wildman–Crippen LogP) is 6.51. The van der Waals surface area contributed by atoms with Gasteiger partial charge in [-0.05, 0) is 48.4 Å². The van der Waals surface area contributed by atoms with Gasteiger partial charge in [0.1, 0.15) is 11.6 Å². The third-order valence-corrected chi connectivity index (χ3v) is 5.04. The largest absolute Gasteiger partial charge is 0.493 e. The SMILES string of the molecule is CCCCCCOc1ccc(/C=C(\C#N)C(=O)Nc2ccc(Cl)c(Cl)c2)cc1OC. The molecular formula is C23H24Cl2N2O3. The fourth-order valence-corrected chi connectivity index (χ4v) is 2.99. The number of hydrogen-bond donors (Lipinski definition) is 1. The minimum Gasteiger partial charge on any atom is -0.493 e. The highest BCUT2D eigenvalue weighted by Crippen LogP contribution is 2.29. The number of benzene rings is 2. The van der Waals surface area contributed by atoms with Crippen molar-refractivity contribution in [2.75, 3.05) is 19.0 Å². The van der Waals surface area contributed by atoms with Gasteiger partial charge in [0.05, 0.1) is 23.8 Å². The molecule has 158 valence electrons. The quantitative estimate of drug-likeness (QED) is 0.256. The zero-order chi connectivity index (χ0) is 21.9. The van der Waals surface area contributed by atoms with Crippen LogP contribution < -0.4 is 14.8 Å². The normalized spacial score (nSPS) is 11.0. The van der Waals surface area contributed by atoms with E-state index >= 15 is 0 Å². The van der Waals surface area contributed by atoms with Gasteiger partial charge >= 0.3 is 0 Å². The van der Waals surface area contributed by atoms with Crippen molar-refractivity contribution in [1.29, 1.82) is 5.26 Å². The van der Waals surface area contributed by atoms with Crippen molar-refractivity contribution in [3.63, 3.8) is 0 Å². The van der Waals surface area contributed by atoms with Gasteiger partial charge in [-0.1, -0.05) is 55.5 Å². The third kappa shape index (κ3) is 6.98. The molecule has 0 aliphatic rings. The first-order chi connectivity index (χ1) is 14.5. The molecule has 2 rings (SSSR count). The molecule has 0 saturated heterocycles. The Morgan fingerprint density at radius 3 is 2.57 bits per heavy atom. The van der Waals surface area contributed by atoms with E-state index in [2.05, 4.69) is 12.2 Å². The molecule has 0 aliphatic heterocycles. The number of halogens is 2. The molecule has 0 heterocycles. The lowest BCUT2D eigenvalue weighted by Gasteiger charge is -2.11. The van der Waals surface area contributed by atoms with Crippen LogP contribution >= 0.6 is 23.2 Å². The summed E-state index contributed by atoms with van der Waals surface area (Å²) in [6, 6.07) is 11.9. The van der Waals surface area contributed by atoms with Gasteiger partial charge in [0.2, 0.25) is 0 Å². The average molecular weight is 447 g/mol. The van der Waals surface area contributed by atoms with Crippen LogP contribution in [0.1, 0.15) is 38.2 Å². The van der Waals surface area contributed by atoms with Crippen molar-refractivity contribution < 1.29 is 14.3 Å². The number of methoxy groups -OCH3 is 1. The van der Waals surface area contributed by atoms with Crippen molar-refractivity contribution in [3.05, 3.63) is 57.6 Å². The first-order valence-corrected chi connectivity index (χ1v) is 10.4. The summed E-state index contributed by atoms with van der Waals surface area (Å²) in [4.78, 5) is 12.5. The first-order valence-electron chi connectivity index (χ1n) is 9.67. The first kappa shape index (κ1) is 23.6. The number of hydrogen-bond acceptors (Lipinski definition) is 4. The van der Waals surface area contributed by atoms with Crippen molar-refractivity contribution in [2.24, 2.45) is 0 Å². The van der Waals surface area contributed by atoms with Gasteiger partial charge in [0, 0.05) is 5.69 Å². The molecule has 0 saturated carbocycles. The van der Waals surface area contributed by atoms with E-state index in [9.17, 15) is 10.1 Å². The average Bonchev–Trinajstić information content (AvgIpc) is 2.74. The van der Waals surface area contributed by atoms with Crippen LogP contribution in [0.4, 0.5) is 5.69 Å². The van der Waals surface area contributed by atoms with Crippen molar-refractivity contribution in [2.45, 2.75) is 32.6 Å². The van der Waals surface area contributed by atoms with E-state index in [1.54, 1.807) is 37.4 Å². The second-order valence-electron chi connectivity index (χ2n) is 6.57. The smallest absolute Gasteiger partial charge is 0.266 e. The molecule has 2 aromatic rings. The van der Waals surface area contributed by atoms with Crippen LogP contribution in [0.5, 0.6) is 11.5 Å². The number of ether oxygens (including phenoxy) is 2. The van der Waals surface area contributed by atoms with E-state index in [4.69, 9.17) is 32.7 Å². The van der Waals surface area contributed by atoms with Crippen molar-refractivity contribution in [3.8, 4) is 17.6 Å². The number of rotatable bonds is 10.